The molecule has 3 aromatic rings. The first kappa shape index (κ1) is 15.6. The molecule has 0 spiro atoms. The van der Waals surface area contributed by atoms with Crippen molar-refractivity contribution >= 4 is 34.7 Å². The van der Waals surface area contributed by atoms with Crippen molar-refractivity contribution in [2.45, 2.75) is 13.3 Å². The molecule has 1 N–H and O–H groups in total. The van der Waals surface area contributed by atoms with Crippen LogP contribution in [0.15, 0.2) is 31.0 Å². The lowest BCUT2D eigenvalue weighted by atomic mass is 10.3. The largest absolute Gasteiger partial charge is 0.335 e. The Morgan fingerprint density at radius 3 is 2.78 bits per heavy atom. The van der Waals surface area contributed by atoms with E-state index in [1.165, 1.54) is 23.4 Å². The molecule has 0 bridgehead atoms. The zero-order chi connectivity index (χ0) is 16.4. The van der Waals surface area contributed by atoms with Gasteiger partial charge in [-0.2, -0.15) is 5.10 Å². The van der Waals surface area contributed by atoms with E-state index in [0.29, 0.717) is 33.7 Å². The second kappa shape index (κ2) is 6.47. The average molecular weight is 353 g/mol. The zero-order valence-corrected chi connectivity index (χ0v) is 13.5. The summed E-state index contributed by atoms with van der Waals surface area (Å²) in [6, 6.07) is 1.57. The van der Waals surface area contributed by atoms with Crippen LogP contribution >= 0.6 is 23.2 Å². The van der Waals surface area contributed by atoms with Crippen LogP contribution in [0.5, 0.6) is 0 Å². The van der Waals surface area contributed by atoms with Crippen LogP contribution in [0.1, 0.15) is 12.6 Å². The first-order valence-electron chi connectivity index (χ1n) is 6.71. The predicted molar refractivity (Wildman–Crippen MR) is 86.0 cm³/mol. The molecule has 0 amide bonds. The molecule has 9 heteroatoms. The Hall–Kier alpha value is -2.25. The van der Waals surface area contributed by atoms with Crippen molar-refractivity contribution in [1.29, 1.82) is 0 Å². The first-order valence-corrected chi connectivity index (χ1v) is 7.46. The van der Waals surface area contributed by atoms with Gasteiger partial charge in [0, 0.05) is 6.20 Å². The van der Waals surface area contributed by atoms with Gasteiger partial charge < -0.3 is 5.32 Å². The van der Waals surface area contributed by atoms with Crippen molar-refractivity contribution in [3.8, 4) is 5.82 Å². The van der Waals surface area contributed by atoms with Crippen LogP contribution in [0.3, 0.4) is 0 Å². The fraction of sp³-hybridized carbons (Fsp3) is 0.143. The number of aryl methyl sites for hydroxylation is 1. The van der Waals surface area contributed by atoms with Crippen LogP contribution in [0.25, 0.3) is 5.82 Å². The molecular weight excluding hydrogens is 342 g/mol. The highest BCUT2D eigenvalue weighted by Gasteiger charge is 2.12. The van der Waals surface area contributed by atoms with Gasteiger partial charge in [-0.3, -0.25) is 0 Å². The van der Waals surface area contributed by atoms with Crippen LogP contribution in [-0.4, -0.2) is 24.7 Å². The molecule has 23 heavy (non-hydrogen) atoms. The quantitative estimate of drug-likeness (QED) is 0.773. The monoisotopic (exact) mass is 352 g/mol. The first-order chi connectivity index (χ1) is 11.1. The number of pyridine rings is 1. The average Bonchev–Trinajstić information content (AvgIpc) is 2.97. The highest BCUT2D eigenvalue weighted by atomic mass is 35.5. The lowest BCUT2D eigenvalue weighted by Crippen LogP contribution is -2.02. The van der Waals surface area contributed by atoms with E-state index in [4.69, 9.17) is 23.2 Å². The molecule has 0 atom stereocenters. The van der Waals surface area contributed by atoms with Gasteiger partial charge >= 0.3 is 0 Å². The summed E-state index contributed by atoms with van der Waals surface area (Å²) in [5.41, 5.74) is 0.884. The molecule has 0 saturated carbocycles. The molecule has 0 aliphatic rings. The number of anilines is 2. The van der Waals surface area contributed by atoms with Gasteiger partial charge in [0.2, 0.25) is 0 Å². The molecule has 3 aromatic heterocycles. The maximum Gasteiger partial charge on any atom is 0.187 e. The van der Waals surface area contributed by atoms with E-state index in [1.807, 2.05) is 6.92 Å². The van der Waals surface area contributed by atoms with Gasteiger partial charge in [-0.1, -0.05) is 30.1 Å². The van der Waals surface area contributed by atoms with E-state index in [-0.39, 0.29) is 5.82 Å². The van der Waals surface area contributed by atoms with Crippen LogP contribution in [0.4, 0.5) is 15.9 Å². The number of aromatic nitrogens is 5. The highest BCUT2D eigenvalue weighted by molar-refractivity contribution is 6.35. The Morgan fingerprint density at radius 2 is 2.04 bits per heavy atom. The third-order valence-corrected chi connectivity index (χ3v) is 3.53. The summed E-state index contributed by atoms with van der Waals surface area (Å²) in [6.45, 7) is 1.82. The van der Waals surface area contributed by atoms with Crippen molar-refractivity contribution in [2.75, 3.05) is 5.32 Å². The van der Waals surface area contributed by atoms with Gasteiger partial charge in [-0.25, -0.2) is 24.0 Å². The summed E-state index contributed by atoms with van der Waals surface area (Å²) in [4.78, 5) is 11.9. The molecular formula is C14H11Cl2FN6. The van der Waals surface area contributed by atoms with Crippen molar-refractivity contribution in [1.82, 2.24) is 24.7 Å². The van der Waals surface area contributed by atoms with Gasteiger partial charge in [0.15, 0.2) is 17.5 Å². The Labute approximate surface area is 141 Å². The maximum absolute atomic E-state index is 14.1. The molecule has 0 aromatic carbocycles. The third kappa shape index (κ3) is 3.25. The minimum atomic E-state index is -0.481. The summed E-state index contributed by atoms with van der Waals surface area (Å²) in [5, 5.41) is 7.79. The second-order valence-corrected chi connectivity index (χ2v) is 5.44. The summed E-state index contributed by atoms with van der Waals surface area (Å²) in [5.74, 6) is 0.0264. The zero-order valence-electron chi connectivity index (χ0n) is 12.0. The van der Waals surface area contributed by atoms with E-state index in [1.54, 1.807) is 12.3 Å². The van der Waals surface area contributed by atoms with E-state index >= 15 is 0 Å². The van der Waals surface area contributed by atoms with E-state index < -0.39 is 5.82 Å². The molecule has 0 aliphatic heterocycles. The Bertz CT molecular complexity index is 851. The molecule has 0 fully saturated rings. The predicted octanol–water partition coefficient (Wildman–Crippen LogP) is 3.81. The lowest BCUT2D eigenvalue weighted by molar-refractivity contribution is 0.599. The SMILES string of the molecule is CCc1ncnc(Nc2cnn(-c3ncc(Cl)cc3Cl)c2)c1F. The number of hydrogen-bond donors (Lipinski definition) is 1. The smallest absolute Gasteiger partial charge is 0.187 e. The fourth-order valence-electron chi connectivity index (χ4n) is 1.96. The summed E-state index contributed by atoms with van der Waals surface area (Å²) >= 11 is 11.9. The molecule has 3 heterocycles. The normalized spacial score (nSPS) is 10.8. The van der Waals surface area contributed by atoms with Crippen LogP contribution in [0.2, 0.25) is 10.0 Å². The molecule has 118 valence electrons. The van der Waals surface area contributed by atoms with Gasteiger partial charge in [0.1, 0.15) is 6.33 Å². The van der Waals surface area contributed by atoms with Crippen LogP contribution in [-0.2, 0) is 6.42 Å². The van der Waals surface area contributed by atoms with Crippen LogP contribution < -0.4 is 5.32 Å². The van der Waals surface area contributed by atoms with Crippen molar-refractivity contribution < 1.29 is 4.39 Å². The van der Waals surface area contributed by atoms with Crippen molar-refractivity contribution in [2.24, 2.45) is 0 Å². The highest BCUT2D eigenvalue weighted by Crippen LogP contribution is 2.24. The van der Waals surface area contributed by atoms with E-state index in [2.05, 4.69) is 25.4 Å². The van der Waals surface area contributed by atoms with Crippen molar-refractivity contribution in [3.63, 3.8) is 0 Å². The van der Waals surface area contributed by atoms with E-state index in [0.717, 1.165) is 0 Å². The number of halogens is 3. The third-order valence-electron chi connectivity index (χ3n) is 3.05. The Kier molecular flexibility index (Phi) is 4.40. The number of rotatable bonds is 4. The Balaban J connectivity index is 1.88. The van der Waals surface area contributed by atoms with Crippen molar-refractivity contribution in [3.05, 3.63) is 52.5 Å². The molecule has 0 radical (unpaired) electrons. The topological polar surface area (TPSA) is 68.5 Å². The van der Waals surface area contributed by atoms with Gasteiger partial charge in [-0.15, -0.1) is 0 Å². The summed E-state index contributed by atoms with van der Waals surface area (Å²) < 4.78 is 15.6. The molecule has 0 aliphatic carbocycles. The van der Waals surface area contributed by atoms with E-state index in [9.17, 15) is 4.39 Å². The van der Waals surface area contributed by atoms with Gasteiger partial charge in [0.05, 0.1) is 33.8 Å². The lowest BCUT2D eigenvalue weighted by Gasteiger charge is -2.06. The Morgan fingerprint density at radius 1 is 1.22 bits per heavy atom. The fourth-order valence-corrected chi connectivity index (χ4v) is 2.42. The minimum absolute atomic E-state index is 0.0894. The molecule has 6 nitrogen and oxygen atoms in total. The summed E-state index contributed by atoms with van der Waals surface area (Å²) in [6.07, 6.45) is 6.39. The molecule has 3 rings (SSSR count). The minimum Gasteiger partial charge on any atom is -0.335 e. The van der Waals surface area contributed by atoms with Gasteiger partial charge in [0.25, 0.3) is 0 Å². The second-order valence-electron chi connectivity index (χ2n) is 4.59. The standard InChI is InChI=1S/C14H11Cl2FN6/c1-2-11-12(17)13(20-7-19-11)22-9-5-21-23(6-9)14-10(16)3-8(15)4-18-14/h3-7H,2H2,1H3,(H,19,20,22). The molecule has 0 unspecified atom stereocenters. The number of nitrogens with one attached hydrogen (secondary N) is 1. The number of nitrogens with zero attached hydrogens (tertiary/aromatic N) is 5. The summed E-state index contributed by atoms with van der Waals surface area (Å²) in [7, 11) is 0. The maximum atomic E-state index is 14.1. The van der Waals surface area contributed by atoms with Crippen LogP contribution in [0, 0.1) is 5.82 Å². The molecule has 0 saturated heterocycles. The van der Waals surface area contributed by atoms with Gasteiger partial charge in [-0.05, 0) is 12.5 Å². The number of hydrogen-bond acceptors (Lipinski definition) is 5.